The number of ketones is 4. The zero-order chi connectivity index (χ0) is 29.3. The van der Waals surface area contributed by atoms with Crippen LogP contribution < -0.4 is 0 Å². The van der Waals surface area contributed by atoms with Gasteiger partial charge in [0.15, 0.2) is 17.3 Å². The van der Waals surface area contributed by atoms with Crippen molar-refractivity contribution in [1.29, 1.82) is 0 Å². The van der Waals surface area contributed by atoms with Crippen molar-refractivity contribution in [2.24, 2.45) is 17.8 Å². The molecule has 2 aliphatic carbocycles. The molecule has 2 aromatic rings. The van der Waals surface area contributed by atoms with Crippen LogP contribution in [0.25, 0.3) is 0 Å². The van der Waals surface area contributed by atoms with Crippen molar-refractivity contribution in [3.8, 4) is 0 Å². The van der Waals surface area contributed by atoms with Gasteiger partial charge in [0.25, 0.3) is 0 Å². The summed E-state index contributed by atoms with van der Waals surface area (Å²) >= 11 is 0. The summed E-state index contributed by atoms with van der Waals surface area (Å²) in [6, 6.07) is 10.3. The van der Waals surface area contributed by atoms with Gasteiger partial charge in [0.2, 0.25) is 0 Å². The Kier molecular flexibility index (Phi) is 9.07. The van der Waals surface area contributed by atoms with E-state index in [1.165, 1.54) is 18.1 Å². The van der Waals surface area contributed by atoms with Gasteiger partial charge in [-0.2, -0.15) is 0 Å². The summed E-state index contributed by atoms with van der Waals surface area (Å²) in [5.41, 5.74) is 8.52. The quantitative estimate of drug-likeness (QED) is 0.310. The van der Waals surface area contributed by atoms with E-state index in [2.05, 4.69) is 19.9 Å². The Balaban J connectivity index is 1.59. The molecular formula is C36H44O4. The minimum absolute atomic E-state index is 0.00931. The monoisotopic (exact) mass is 540 g/mol. The van der Waals surface area contributed by atoms with E-state index >= 15 is 0 Å². The minimum Gasteiger partial charge on any atom is -0.299 e. The van der Waals surface area contributed by atoms with Crippen molar-refractivity contribution in [2.45, 2.75) is 99.3 Å². The van der Waals surface area contributed by atoms with Crippen LogP contribution in [0, 0.1) is 31.6 Å². The Morgan fingerprint density at radius 2 is 1.62 bits per heavy atom. The van der Waals surface area contributed by atoms with E-state index in [4.69, 9.17) is 0 Å². The number of carbonyl (C=O) groups is 4. The fourth-order valence-electron chi connectivity index (χ4n) is 7.23. The first-order valence-electron chi connectivity index (χ1n) is 14.9. The highest BCUT2D eigenvalue weighted by atomic mass is 16.2. The second kappa shape index (κ2) is 12.2. The normalized spacial score (nSPS) is 21.1. The van der Waals surface area contributed by atoms with Crippen LogP contribution in [0.3, 0.4) is 0 Å². The second-order valence-electron chi connectivity index (χ2n) is 12.6. The molecule has 4 rings (SSSR count). The van der Waals surface area contributed by atoms with E-state index in [0.717, 1.165) is 52.7 Å². The van der Waals surface area contributed by atoms with Gasteiger partial charge in [-0.25, -0.2) is 0 Å². The third-order valence-electron chi connectivity index (χ3n) is 9.19. The van der Waals surface area contributed by atoms with Crippen LogP contribution in [-0.4, -0.2) is 23.1 Å². The van der Waals surface area contributed by atoms with E-state index in [9.17, 15) is 19.2 Å². The van der Waals surface area contributed by atoms with Gasteiger partial charge in [-0.1, -0.05) is 62.2 Å². The number of carbonyl (C=O) groups excluding carboxylic acids is 4. The molecule has 0 heterocycles. The molecule has 2 aromatic carbocycles. The fourth-order valence-corrected chi connectivity index (χ4v) is 7.23. The van der Waals surface area contributed by atoms with Gasteiger partial charge >= 0.3 is 0 Å². The molecule has 0 aliphatic heterocycles. The molecule has 2 aliphatic rings. The molecular weight excluding hydrogens is 496 g/mol. The number of hydrogen-bond acceptors (Lipinski definition) is 4. The van der Waals surface area contributed by atoms with Gasteiger partial charge in [0, 0.05) is 30.7 Å². The summed E-state index contributed by atoms with van der Waals surface area (Å²) in [6.07, 6.45) is 4.27. The Morgan fingerprint density at radius 1 is 0.950 bits per heavy atom. The molecule has 0 radical (unpaired) electrons. The highest BCUT2D eigenvalue weighted by Crippen LogP contribution is 2.42. The minimum atomic E-state index is -0.160. The Bertz CT molecular complexity index is 1370. The van der Waals surface area contributed by atoms with Gasteiger partial charge < -0.3 is 0 Å². The van der Waals surface area contributed by atoms with Crippen molar-refractivity contribution in [1.82, 2.24) is 0 Å². The van der Waals surface area contributed by atoms with Crippen LogP contribution in [-0.2, 0) is 33.6 Å². The number of rotatable bonds is 9. The standard InChI is InChI=1S/C36H44O4/c1-8-30-28(13-22(5)34(24(7)37)36(30)40)14-26-16-32-31(20(2)3)19-27(23(6)35(32)33(39)17-26)18-29(38)15-25-11-9-21(4)10-12-25/h9-12,19-20,26,28,30H,8,13-18H2,1-7H3. The Morgan fingerprint density at radius 3 is 2.23 bits per heavy atom. The topological polar surface area (TPSA) is 68.3 Å². The number of benzene rings is 2. The third kappa shape index (κ3) is 6.11. The smallest absolute Gasteiger partial charge is 0.169 e. The summed E-state index contributed by atoms with van der Waals surface area (Å²) < 4.78 is 0. The first kappa shape index (κ1) is 29.8. The average molecular weight is 541 g/mol. The average Bonchev–Trinajstić information content (AvgIpc) is 2.86. The van der Waals surface area contributed by atoms with E-state index in [1.54, 1.807) is 0 Å². The lowest BCUT2D eigenvalue weighted by molar-refractivity contribution is -0.125. The zero-order valence-electron chi connectivity index (χ0n) is 25.3. The molecule has 3 atom stereocenters. The highest BCUT2D eigenvalue weighted by molar-refractivity contribution is 6.21. The Hall–Kier alpha value is -3.14. The lowest BCUT2D eigenvalue weighted by Gasteiger charge is -2.36. The number of fused-ring (bicyclic) bond motifs is 1. The summed E-state index contributed by atoms with van der Waals surface area (Å²) in [5, 5.41) is 0. The molecule has 212 valence electrons. The summed E-state index contributed by atoms with van der Waals surface area (Å²) in [6.45, 7) is 13.8. The van der Waals surface area contributed by atoms with E-state index in [0.29, 0.717) is 31.3 Å². The number of aryl methyl sites for hydroxylation is 1. The highest BCUT2D eigenvalue weighted by Gasteiger charge is 2.39. The third-order valence-corrected chi connectivity index (χ3v) is 9.19. The summed E-state index contributed by atoms with van der Waals surface area (Å²) in [4.78, 5) is 52.1. The molecule has 0 aromatic heterocycles. The van der Waals surface area contributed by atoms with Gasteiger partial charge in [-0.3, -0.25) is 19.2 Å². The largest absolute Gasteiger partial charge is 0.299 e. The first-order chi connectivity index (χ1) is 18.9. The SMILES string of the molecule is CCC1C(=O)C(C(C)=O)=C(C)CC1CC1CC(=O)c2c(C)c(CC(=O)Cc3ccc(C)cc3)cc(C(C)C)c2C1. The maximum absolute atomic E-state index is 13.7. The molecule has 0 saturated heterocycles. The molecule has 40 heavy (non-hydrogen) atoms. The van der Waals surface area contributed by atoms with Crippen molar-refractivity contribution < 1.29 is 19.2 Å². The van der Waals surface area contributed by atoms with E-state index in [-0.39, 0.29) is 46.8 Å². The van der Waals surface area contributed by atoms with Crippen LogP contribution in [0.15, 0.2) is 41.5 Å². The van der Waals surface area contributed by atoms with Crippen LogP contribution in [0.4, 0.5) is 0 Å². The van der Waals surface area contributed by atoms with Crippen LogP contribution in [0.2, 0.25) is 0 Å². The molecule has 4 heteroatoms. The van der Waals surface area contributed by atoms with Crippen molar-refractivity contribution in [3.05, 3.63) is 80.4 Å². The van der Waals surface area contributed by atoms with E-state index < -0.39 is 0 Å². The fraction of sp³-hybridized carbons (Fsp3) is 0.500. The second-order valence-corrected chi connectivity index (χ2v) is 12.6. The molecule has 0 saturated carbocycles. The molecule has 3 unspecified atom stereocenters. The van der Waals surface area contributed by atoms with Crippen LogP contribution >= 0.6 is 0 Å². The van der Waals surface area contributed by atoms with Gasteiger partial charge in [-0.15, -0.1) is 0 Å². The molecule has 0 N–H and O–H groups in total. The van der Waals surface area contributed by atoms with Crippen molar-refractivity contribution in [2.75, 3.05) is 0 Å². The number of Topliss-reactive ketones (excluding diaryl/α,β-unsaturated/α-hetero) is 4. The summed E-state index contributed by atoms with van der Waals surface area (Å²) in [5.74, 6) is 0.569. The van der Waals surface area contributed by atoms with Gasteiger partial charge in [0.1, 0.15) is 5.78 Å². The predicted octanol–water partition coefficient (Wildman–Crippen LogP) is 7.44. The number of hydrogen-bond donors (Lipinski definition) is 0. The van der Waals surface area contributed by atoms with Crippen LogP contribution in [0.1, 0.15) is 110 Å². The van der Waals surface area contributed by atoms with E-state index in [1.807, 2.05) is 52.0 Å². The maximum Gasteiger partial charge on any atom is 0.169 e. The molecule has 0 spiro atoms. The maximum atomic E-state index is 13.7. The van der Waals surface area contributed by atoms with Gasteiger partial charge in [-0.05, 0) is 98.9 Å². The van der Waals surface area contributed by atoms with Crippen LogP contribution in [0.5, 0.6) is 0 Å². The molecule has 0 fully saturated rings. The lowest BCUT2D eigenvalue weighted by Crippen LogP contribution is -2.35. The molecule has 0 bridgehead atoms. The number of allylic oxidation sites excluding steroid dienone is 2. The molecule has 4 nitrogen and oxygen atoms in total. The molecule has 0 amide bonds. The lowest BCUT2D eigenvalue weighted by atomic mass is 9.67. The Labute approximate surface area is 239 Å². The van der Waals surface area contributed by atoms with Gasteiger partial charge in [0.05, 0.1) is 5.57 Å². The first-order valence-corrected chi connectivity index (χ1v) is 14.9. The van der Waals surface area contributed by atoms with Crippen molar-refractivity contribution >= 4 is 23.1 Å². The summed E-state index contributed by atoms with van der Waals surface area (Å²) in [7, 11) is 0. The predicted molar refractivity (Wildman–Crippen MR) is 160 cm³/mol. The van der Waals surface area contributed by atoms with Crippen molar-refractivity contribution in [3.63, 3.8) is 0 Å². The zero-order valence-corrected chi connectivity index (χ0v) is 25.3.